The van der Waals surface area contributed by atoms with Crippen LogP contribution >= 0.6 is 0 Å². The molecule has 11 heteroatoms. The van der Waals surface area contributed by atoms with Gasteiger partial charge in [-0.2, -0.15) is 13.2 Å². The molecule has 204 valence electrons. The number of amides is 2. The molecule has 1 aromatic heterocycles. The van der Waals surface area contributed by atoms with Gasteiger partial charge in [0.2, 0.25) is 11.2 Å². The molecule has 0 saturated carbocycles. The van der Waals surface area contributed by atoms with Crippen LogP contribution in [0.2, 0.25) is 0 Å². The van der Waals surface area contributed by atoms with E-state index in [2.05, 4.69) is 0 Å². The van der Waals surface area contributed by atoms with Crippen LogP contribution in [0.5, 0.6) is 17.2 Å². The third-order valence-corrected chi connectivity index (χ3v) is 6.23. The van der Waals surface area contributed by atoms with E-state index in [0.717, 1.165) is 12.1 Å². The minimum absolute atomic E-state index is 0.0772. The van der Waals surface area contributed by atoms with Gasteiger partial charge in [0, 0.05) is 6.07 Å². The number of para-hydroxylation sites is 1. The number of nitrogens with zero attached hydrogens (tertiary/aromatic N) is 1. The second-order valence-corrected chi connectivity index (χ2v) is 9.26. The second-order valence-electron chi connectivity index (χ2n) is 9.26. The molecule has 0 fully saturated rings. The van der Waals surface area contributed by atoms with Gasteiger partial charge >= 0.3 is 12.1 Å². The Morgan fingerprint density at radius 2 is 1.55 bits per heavy atom. The third-order valence-electron chi connectivity index (χ3n) is 6.23. The molecule has 40 heavy (non-hydrogen) atoms. The number of fused-ring (bicyclic) bond motifs is 2. The minimum Gasteiger partial charge on any atom is -0.449 e. The molecule has 0 unspecified atom stereocenters. The van der Waals surface area contributed by atoms with Crippen molar-refractivity contribution in [1.82, 2.24) is 4.90 Å². The van der Waals surface area contributed by atoms with Crippen molar-refractivity contribution in [2.75, 3.05) is 6.54 Å². The average molecular weight is 551 g/mol. The van der Waals surface area contributed by atoms with E-state index in [1.54, 1.807) is 30.3 Å². The van der Waals surface area contributed by atoms with Crippen molar-refractivity contribution in [2.45, 2.75) is 25.9 Å². The van der Waals surface area contributed by atoms with Crippen molar-refractivity contribution in [3.63, 3.8) is 0 Å². The first-order chi connectivity index (χ1) is 19.0. The van der Waals surface area contributed by atoms with E-state index < -0.39 is 53.0 Å². The van der Waals surface area contributed by atoms with Gasteiger partial charge < -0.3 is 13.9 Å². The fourth-order valence-corrected chi connectivity index (χ4v) is 4.34. The van der Waals surface area contributed by atoms with Gasteiger partial charge in [-0.1, -0.05) is 44.2 Å². The number of ether oxygens (including phenoxy) is 2. The number of hydrogen-bond acceptors (Lipinski definition) is 7. The average Bonchev–Trinajstić information content (AvgIpc) is 3.14. The molecule has 2 amide bonds. The SMILES string of the molecule is CC(C)c1ccccc1Oc1c(C(F)(F)F)oc2cc(OC(=O)CN3C(=O)c4ccccc4C3=O)ccc2c1=O. The maximum absolute atomic E-state index is 14.0. The van der Waals surface area contributed by atoms with Crippen LogP contribution in [0.4, 0.5) is 13.2 Å². The second kappa shape index (κ2) is 9.99. The van der Waals surface area contributed by atoms with Crippen molar-refractivity contribution in [2.24, 2.45) is 0 Å². The molecule has 1 aliphatic rings. The van der Waals surface area contributed by atoms with Crippen LogP contribution < -0.4 is 14.9 Å². The highest BCUT2D eigenvalue weighted by Crippen LogP contribution is 2.40. The Bertz CT molecular complexity index is 1710. The number of halogens is 3. The summed E-state index contributed by atoms with van der Waals surface area (Å²) in [5.41, 5.74) is -0.706. The van der Waals surface area contributed by atoms with Crippen molar-refractivity contribution < 1.29 is 41.4 Å². The lowest BCUT2D eigenvalue weighted by molar-refractivity contribution is -0.154. The quantitative estimate of drug-likeness (QED) is 0.166. The maximum atomic E-state index is 14.0. The lowest BCUT2D eigenvalue weighted by atomic mass is 10.0. The fourth-order valence-electron chi connectivity index (χ4n) is 4.34. The van der Waals surface area contributed by atoms with Crippen molar-refractivity contribution in [3.05, 3.63) is 99.4 Å². The summed E-state index contributed by atoms with van der Waals surface area (Å²) in [4.78, 5) is 51.4. The van der Waals surface area contributed by atoms with Gasteiger partial charge in [0.05, 0.1) is 16.5 Å². The molecule has 2 heterocycles. The smallest absolute Gasteiger partial charge is 0.449 e. The Balaban J connectivity index is 1.45. The van der Waals surface area contributed by atoms with E-state index in [1.165, 1.54) is 24.3 Å². The zero-order valence-electron chi connectivity index (χ0n) is 21.1. The molecular weight excluding hydrogens is 531 g/mol. The molecule has 5 rings (SSSR count). The molecule has 0 radical (unpaired) electrons. The van der Waals surface area contributed by atoms with Crippen molar-refractivity contribution in [3.8, 4) is 17.2 Å². The Morgan fingerprint density at radius 3 is 2.17 bits per heavy atom. The predicted molar refractivity (Wildman–Crippen MR) is 136 cm³/mol. The van der Waals surface area contributed by atoms with E-state index in [-0.39, 0.29) is 33.9 Å². The number of hydrogen-bond donors (Lipinski definition) is 0. The number of rotatable bonds is 6. The molecule has 0 bridgehead atoms. The molecule has 0 atom stereocenters. The van der Waals surface area contributed by atoms with Crippen LogP contribution in [0.25, 0.3) is 11.0 Å². The number of alkyl halides is 3. The Labute approximate surface area is 224 Å². The Kier molecular flexibility index (Phi) is 6.66. The predicted octanol–water partition coefficient (Wildman–Crippen LogP) is 5.93. The van der Waals surface area contributed by atoms with Crippen LogP contribution in [0.3, 0.4) is 0 Å². The van der Waals surface area contributed by atoms with E-state index in [9.17, 15) is 32.3 Å². The molecule has 4 aromatic rings. The number of imide groups is 1. The molecule has 3 aromatic carbocycles. The third kappa shape index (κ3) is 4.81. The van der Waals surface area contributed by atoms with Crippen molar-refractivity contribution >= 4 is 28.8 Å². The van der Waals surface area contributed by atoms with Crippen LogP contribution in [-0.4, -0.2) is 29.2 Å². The Hall–Kier alpha value is -4.93. The highest BCUT2D eigenvalue weighted by Gasteiger charge is 2.41. The fraction of sp³-hybridized carbons (Fsp3) is 0.172. The van der Waals surface area contributed by atoms with Gasteiger partial charge in [0.25, 0.3) is 17.6 Å². The molecule has 0 N–H and O–H groups in total. The van der Waals surface area contributed by atoms with E-state index >= 15 is 0 Å². The largest absolute Gasteiger partial charge is 0.453 e. The number of carbonyl (C=O) groups is 3. The van der Waals surface area contributed by atoms with Crippen LogP contribution in [0.15, 0.2) is 75.9 Å². The van der Waals surface area contributed by atoms with Crippen LogP contribution in [0.1, 0.15) is 51.8 Å². The lowest BCUT2D eigenvalue weighted by Crippen LogP contribution is -2.36. The van der Waals surface area contributed by atoms with E-state index in [4.69, 9.17) is 13.9 Å². The molecule has 0 saturated heterocycles. The zero-order valence-corrected chi connectivity index (χ0v) is 21.1. The first kappa shape index (κ1) is 26.7. The Morgan fingerprint density at radius 1 is 0.925 bits per heavy atom. The van der Waals surface area contributed by atoms with Gasteiger partial charge in [-0.3, -0.25) is 19.3 Å². The number of esters is 1. The van der Waals surface area contributed by atoms with Gasteiger partial charge in [-0.25, -0.2) is 4.79 Å². The van der Waals surface area contributed by atoms with E-state index in [0.29, 0.717) is 10.5 Å². The maximum Gasteiger partial charge on any atom is 0.453 e. The zero-order chi connectivity index (χ0) is 28.8. The summed E-state index contributed by atoms with van der Waals surface area (Å²) in [6.07, 6.45) is -5.09. The van der Waals surface area contributed by atoms with Crippen molar-refractivity contribution in [1.29, 1.82) is 0 Å². The lowest BCUT2D eigenvalue weighted by Gasteiger charge is -2.17. The summed E-state index contributed by atoms with van der Waals surface area (Å²) in [6.45, 7) is 2.92. The van der Waals surface area contributed by atoms with Gasteiger partial charge in [-0.15, -0.1) is 0 Å². The van der Waals surface area contributed by atoms with E-state index in [1.807, 2.05) is 13.8 Å². The highest BCUT2D eigenvalue weighted by molar-refractivity contribution is 6.22. The molecule has 0 spiro atoms. The summed E-state index contributed by atoms with van der Waals surface area (Å²) >= 11 is 0. The minimum atomic E-state index is -5.09. The summed E-state index contributed by atoms with van der Waals surface area (Å²) in [5, 5.41) is -0.245. The normalized spacial score (nSPS) is 13.2. The first-order valence-corrected chi connectivity index (χ1v) is 12.1. The highest BCUT2D eigenvalue weighted by atomic mass is 19.4. The van der Waals surface area contributed by atoms with Crippen LogP contribution in [-0.2, 0) is 11.0 Å². The summed E-state index contributed by atoms with van der Waals surface area (Å²) < 4.78 is 57.7. The summed E-state index contributed by atoms with van der Waals surface area (Å²) in [6, 6.07) is 15.7. The summed E-state index contributed by atoms with van der Waals surface area (Å²) in [5.74, 6) is -5.35. The molecule has 0 aliphatic carbocycles. The molecule has 8 nitrogen and oxygen atoms in total. The topological polar surface area (TPSA) is 103 Å². The monoisotopic (exact) mass is 551 g/mol. The standard InChI is InChI=1S/C29H20F3NO7/c1-15(2)17-7-5-6-10-21(17)39-25-24(35)20-12-11-16(13-22(20)40-26(25)29(30,31)32)38-23(34)14-33-27(36)18-8-3-4-9-19(18)28(33)37/h3-13,15H,14H2,1-2H3. The van der Waals surface area contributed by atoms with Gasteiger partial charge in [0.1, 0.15) is 23.6 Å². The number of benzene rings is 3. The number of carbonyl (C=O) groups excluding carboxylic acids is 3. The first-order valence-electron chi connectivity index (χ1n) is 12.1. The molecular formula is C29H20F3NO7. The summed E-state index contributed by atoms with van der Waals surface area (Å²) in [7, 11) is 0. The van der Waals surface area contributed by atoms with Gasteiger partial charge in [-0.05, 0) is 41.8 Å². The molecule has 1 aliphatic heterocycles. The van der Waals surface area contributed by atoms with Crippen LogP contribution in [0, 0.1) is 0 Å². The van der Waals surface area contributed by atoms with Gasteiger partial charge in [0.15, 0.2) is 0 Å².